The number of unbranched alkanes of at least 4 members (excludes halogenated alkanes) is 5. The first-order valence-corrected chi connectivity index (χ1v) is 6.60. The Morgan fingerprint density at radius 2 is 1.35 bits per heavy atom. The quantitative estimate of drug-likeness (QED) is 0.554. The van der Waals surface area contributed by atoms with Crippen LogP contribution in [0.15, 0.2) is 0 Å². The van der Waals surface area contributed by atoms with Crippen LogP contribution in [0.1, 0.15) is 51.9 Å². The number of hydrogen-bond donors (Lipinski definition) is 1. The number of hydrogen-bond acceptors (Lipinski definition) is 1. The van der Waals surface area contributed by atoms with Crippen molar-refractivity contribution in [3.05, 3.63) is 0 Å². The molecule has 17 heavy (non-hydrogen) atoms. The van der Waals surface area contributed by atoms with E-state index in [1.54, 1.807) is 0 Å². The Bertz CT molecular complexity index is 164. The zero-order valence-corrected chi connectivity index (χ0v) is 10.9. The van der Waals surface area contributed by atoms with Crippen molar-refractivity contribution in [2.75, 3.05) is 20.0 Å². The van der Waals surface area contributed by atoms with Crippen molar-refractivity contribution in [3.8, 4) is 0 Å². The normalized spacial score (nSPS) is 13.9. The topological polar surface area (TPSA) is 26.0 Å². The highest BCUT2D eigenvalue weighted by molar-refractivity contribution is 4.88. The molecule has 0 aliphatic carbocycles. The minimum Gasteiger partial charge on any atom is -0.327 e. The summed E-state index contributed by atoms with van der Waals surface area (Å²) in [6.07, 6.45) is 7.05. The molecule has 0 radical (unpaired) electrons. The van der Waals surface area contributed by atoms with E-state index in [0.29, 0.717) is 6.42 Å². The lowest BCUT2D eigenvalue weighted by Crippen LogP contribution is -2.47. The average molecular weight is 253 g/mol. The van der Waals surface area contributed by atoms with E-state index in [1.807, 2.05) is 0 Å². The van der Waals surface area contributed by atoms with Crippen LogP contribution in [0.5, 0.6) is 0 Å². The van der Waals surface area contributed by atoms with E-state index in [9.17, 15) is 13.2 Å². The van der Waals surface area contributed by atoms with Crippen LogP contribution in [0.25, 0.3) is 0 Å². The van der Waals surface area contributed by atoms with Crippen molar-refractivity contribution in [3.63, 3.8) is 0 Å². The van der Waals surface area contributed by atoms with E-state index in [-0.39, 0.29) is 0 Å². The van der Waals surface area contributed by atoms with Gasteiger partial charge in [0.1, 0.15) is 20.0 Å². The molecule has 0 bridgehead atoms. The summed E-state index contributed by atoms with van der Waals surface area (Å²) >= 11 is 0. The molecule has 0 rings (SSSR count). The molecule has 0 saturated carbocycles. The summed E-state index contributed by atoms with van der Waals surface area (Å²) in [5.74, 6) is 0. The van der Waals surface area contributed by atoms with Crippen LogP contribution in [0.4, 0.5) is 13.2 Å². The van der Waals surface area contributed by atoms with Gasteiger partial charge in [0.05, 0.1) is 5.41 Å². The zero-order chi connectivity index (χ0) is 13.1. The van der Waals surface area contributed by atoms with Gasteiger partial charge in [0.25, 0.3) is 0 Å². The summed E-state index contributed by atoms with van der Waals surface area (Å²) in [5, 5.41) is 0. The molecule has 0 fully saturated rings. The Kier molecular flexibility index (Phi) is 9.60. The predicted octanol–water partition coefficient (Wildman–Crippen LogP) is 3.96. The summed E-state index contributed by atoms with van der Waals surface area (Å²) in [6.45, 7) is -0.904. The fourth-order valence-electron chi connectivity index (χ4n) is 1.86. The van der Waals surface area contributed by atoms with Gasteiger partial charge in [0.2, 0.25) is 0 Å². The maximum Gasteiger partial charge on any atom is 0.102 e. The van der Waals surface area contributed by atoms with Crippen molar-refractivity contribution in [1.82, 2.24) is 0 Å². The number of nitrogens with two attached hydrogens (primary N) is 1. The molecule has 0 saturated heterocycles. The van der Waals surface area contributed by atoms with Gasteiger partial charge in [-0.25, -0.2) is 0 Å². The van der Waals surface area contributed by atoms with Gasteiger partial charge in [-0.3, -0.25) is 13.2 Å². The Labute approximate surface area is 103 Å². The Morgan fingerprint density at radius 1 is 0.882 bits per heavy atom. The third-order valence-corrected chi connectivity index (χ3v) is 3.45. The number of halogens is 3. The first-order valence-electron chi connectivity index (χ1n) is 6.60. The minimum absolute atomic E-state index is 0.504. The molecule has 0 aromatic carbocycles. The molecule has 0 aromatic rings. The highest BCUT2D eigenvalue weighted by Crippen LogP contribution is 2.27. The van der Waals surface area contributed by atoms with Crippen LogP contribution in [-0.4, -0.2) is 26.1 Å². The average Bonchev–Trinajstić information content (AvgIpc) is 2.36. The zero-order valence-electron chi connectivity index (χ0n) is 10.9. The highest BCUT2D eigenvalue weighted by atomic mass is 19.1. The van der Waals surface area contributed by atoms with E-state index < -0.39 is 31.5 Å². The van der Waals surface area contributed by atoms with Gasteiger partial charge in [-0.1, -0.05) is 45.4 Å². The van der Waals surface area contributed by atoms with Crippen molar-refractivity contribution >= 4 is 0 Å². The Balaban J connectivity index is 3.79. The summed E-state index contributed by atoms with van der Waals surface area (Å²) in [4.78, 5) is 0. The van der Waals surface area contributed by atoms with Gasteiger partial charge in [0, 0.05) is 6.04 Å². The first kappa shape index (κ1) is 16.8. The van der Waals surface area contributed by atoms with E-state index in [2.05, 4.69) is 6.92 Å². The number of alkyl halides is 3. The van der Waals surface area contributed by atoms with Crippen LogP contribution in [0.3, 0.4) is 0 Å². The first-order chi connectivity index (χ1) is 8.16. The van der Waals surface area contributed by atoms with Gasteiger partial charge < -0.3 is 5.73 Å². The lowest BCUT2D eigenvalue weighted by atomic mass is 9.82. The van der Waals surface area contributed by atoms with Crippen LogP contribution in [0, 0.1) is 5.41 Å². The second-order valence-electron chi connectivity index (χ2n) is 4.93. The van der Waals surface area contributed by atoms with Gasteiger partial charge >= 0.3 is 0 Å². The van der Waals surface area contributed by atoms with Gasteiger partial charge in [-0.05, 0) is 6.42 Å². The van der Waals surface area contributed by atoms with Crippen LogP contribution in [-0.2, 0) is 0 Å². The van der Waals surface area contributed by atoms with Crippen molar-refractivity contribution < 1.29 is 13.2 Å². The molecule has 1 atom stereocenters. The standard InChI is InChI=1S/C13H26F3N/c1-2-3-4-5-6-7-8-12(17)13(9-14,10-15)11-16/h12H,2-11,17H2,1H3. The van der Waals surface area contributed by atoms with Crippen molar-refractivity contribution in [1.29, 1.82) is 0 Å². The van der Waals surface area contributed by atoms with E-state index >= 15 is 0 Å². The maximum atomic E-state index is 12.7. The fraction of sp³-hybridized carbons (Fsp3) is 1.00. The maximum absolute atomic E-state index is 12.7. The van der Waals surface area contributed by atoms with Crippen LogP contribution < -0.4 is 5.73 Å². The van der Waals surface area contributed by atoms with E-state index in [1.165, 1.54) is 19.3 Å². The molecular weight excluding hydrogens is 227 g/mol. The summed E-state index contributed by atoms with van der Waals surface area (Å²) in [5.41, 5.74) is 4.11. The monoisotopic (exact) mass is 253 g/mol. The molecule has 0 aromatic heterocycles. The third kappa shape index (κ3) is 5.75. The van der Waals surface area contributed by atoms with Gasteiger partial charge in [-0.15, -0.1) is 0 Å². The third-order valence-electron chi connectivity index (χ3n) is 3.45. The van der Waals surface area contributed by atoms with Crippen LogP contribution >= 0.6 is 0 Å². The molecular formula is C13H26F3N. The van der Waals surface area contributed by atoms with Gasteiger partial charge in [-0.2, -0.15) is 0 Å². The van der Waals surface area contributed by atoms with E-state index in [0.717, 1.165) is 19.3 Å². The molecule has 2 N–H and O–H groups in total. The second kappa shape index (κ2) is 9.75. The molecule has 4 heteroatoms. The van der Waals surface area contributed by atoms with E-state index in [4.69, 9.17) is 5.73 Å². The summed E-state index contributed by atoms with van der Waals surface area (Å²) < 4.78 is 38.0. The van der Waals surface area contributed by atoms with Crippen LogP contribution in [0.2, 0.25) is 0 Å². The summed E-state index contributed by atoms with van der Waals surface area (Å²) in [6, 6.07) is -0.714. The Morgan fingerprint density at radius 3 is 1.82 bits per heavy atom. The largest absolute Gasteiger partial charge is 0.327 e. The minimum atomic E-state index is -1.59. The number of rotatable bonds is 11. The molecule has 0 aliphatic heterocycles. The molecule has 0 spiro atoms. The molecule has 0 aliphatic rings. The fourth-order valence-corrected chi connectivity index (χ4v) is 1.86. The Hall–Kier alpha value is -0.250. The van der Waals surface area contributed by atoms with Gasteiger partial charge in [0.15, 0.2) is 0 Å². The highest BCUT2D eigenvalue weighted by Gasteiger charge is 2.37. The SMILES string of the molecule is CCCCCCCCC(N)C(CF)(CF)CF. The second-order valence-corrected chi connectivity index (χ2v) is 4.93. The smallest absolute Gasteiger partial charge is 0.102 e. The van der Waals surface area contributed by atoms with Crippen molar-refractivity contribution in [2.45, 2.75) is 57.9 Å². The molecule has 0 amide bonds. The van der Waals surface area contributed by atoms with Crippen molar-refractivity contribution in [2.24, 2.45) is 11.1 Å². The molecule has 1 nitrogen and oxygen atoms in total. The summed E-state index contributed by atoms with van der Waals surface area (Å²) in [7, 11) is 0. The predicted molar refractivity (Wildman–Crippen MR) is 66.3 cm³/mol. The molecule has 104 valence electrons. The lowest BCUT2D eigenvalue weighted by Gasteiger charge is -2.31. The lowest BCUT2D eigenvalue weighted by molar-refractivity contribution is 0.0780. The molecule has 0 heterocycles. The molecule has 1 unspecified atom stereocenters.